The van der Waals surface area contributed by atoms with Crippen molar-refractivity contribution in [1.29, 1.82) is 0 Å². The maximum atomic E-state index is 13.3. The molecule has 0 aliphatic carbocycles. The highest BCUT2D eigenvalue weighted by Gasteiger charge is 2.29. The molecule has 0 aliphatic heterocycles. The summed E-state index contributed by atoms with van der Waals surface area (Å²) in [4.78, 5) is 27.8. The van der Waals surface area contributed by atoms with Crippen molar-refractivity contribution < 1.29 is 14.3 Å². The first-order valence-corrected chi connectivity index (χ1v) is 12.1. The van der Waals surface area contributed by atoms with Gasteiger partial charge in [-0.3, -0.25) is 9.59 Å². The zero-order valence-electron chi connectivity index (χ0n) is 19.4. The topological polar surface area (TPSA) is 58.6 Å². The van der Waals surface area contributed by atoms with Gasteiger partial charge in [-0.1, -0.05) is 67.6 Å². The highest BCUT2D eigenvalue weighted by atomic mass is 79.9. The van der Waals surface area contributed by atoms with Crippen molar-refractivity contribution in [3.63, 3.8) is 0 Å². The Morgan fingerprint density at radius 3 is 2.39 bits per heavy atom. The summed E-state index contributed by atoms with van der Waals surface area (Å²) in [5.41, 5.74) is 1.12. The molecule has 33 heavy (non-hydrogen) atoms. The number of nitrogens with zero attached hydrogens (tertiary/aromatic N) is 1. The Bertz CT molecular complexity index is 1090. The van der Waals surface area contributed by atoms with Crippen LogP contribution >= 0.6 is 15.9 Å². The van der Waals surface area contributed by atoms with E-state index in [1.54, 1.807) is 4.90 Å². The van der Waals surface area contributed by atoms with E-state index < -0.39 is 6.04 Å². The minimum Gasteiger partial charge on any atom is -0.483 e. The van der Waals surface area contributed by atoms with Crippen LogP contribution in [0.2, 0.25) is 0 Å². The van der Waals surface area contributed by atoms with E-state index in [0.29, 0.717) is 25.1 Å². The summed E-state index contributed by atoms with van der Waals surface area (Å²) in [6, 6.07) is 21.2. The van der Waals surface area contributed by atoms with Gasteiger partial charge >= 0.3 is 0 Å². The van der Waals surface area contributed by atoms with Gasteiger partial charge in [0, 0.05) is 12.6 Å². The molecule has 174 valence electrons. The van der Waals surface area contributed by atoms with Crippen LogP contribution in [0.15, 0.2) is 71.2 Å². The standard InChI is InChI=1S/C27H31BrN2O3/c1-4-23(27(32)29-19(2)3)30(17-16-20-10-6-5-7-11-20)25(31)18-33-24-15-14-21-12-8-9-13-22(21)26(24)28/h5-15,19,23H,4,16-18H2,1-3H3,(H,29,32). The average molecular weight is 511 g/mol. The molecule has 0 spiro atoms. The van der Waals surface area contributed by atoms with Crippen LogP contribution in [-0.4, -0.2) is 41.9 Å². The number of carbonyl (C=O) groups is 2. The number of benzene rings is 3. The molecule has 3 aromatic rings. The summed E-state index contributed by atoms with van der Waals surface area (Å²) in [6.45, 7) is 6.06. The third kappa shape index (κ3) is 6.57. The van der Waals surface area contributed by atoms with E-state index in [9.17, 15) is 9.59 Å². The molecule has 0 aromatic heterocycles. The number of carbonyl (C=O) groups excluding carboxylic acids is 2. The quantitative estimate of drug-likeness (QED) is 0.399. The molecule has 0 radical (unpaired) electrons. The second-order valence-corrected chi connectivity index (χ2v) is 9.09. The SMILES string of the molecule is CCC(C(=O)NC(C)C)N(CCc1ccccc1)C(=O)COc1ccc2ccccc2c1Br. The smallest absolute Gasteiger partial charge is 0.261 e. The van der Waals surface area contributed by atoms with E-state index in [2.05, 4.69) is 21.2 Å². The van der Waals surface area contributed by atoms with Crippen molar-refractivity contribution >= 4 is 38.5 Å². The fourth-order valence-corrected chi connectivity index (χ4v) is 4.43. The molecule has 0 fully saturated rings. The minimum atomic E-state index is -0.549. The first-order chi connectivity index (χ1) is 15.9. The molecule has 2 amide bonds. The zero-order valence-corrected chi connectivity index (χ0v) is 21.0. The Kier molecular flexibility index (Phi) is 8.89. The Morgan fingerprint density at radius 2 is 1.70 bits per heavy atom. The third-order valence-electron chi connectivity index (χ3n) is 5.48. The van der Waals surface area contributed by atoms with Crippen LogP contribution in [0.25, 0.3) is 10.8 Å². The molecule has 0 heterocycles. The minimum absolute atomic E-state index is 0.00225. The van der Waals surface area contributed by atoms with Crippen molar-refractivity contribution in [2.24, 2.45) is 0 Å². The molecule has 0 saturated carbocycles. The van der Waals surface area contributed by atoms with Crippen molar-refractivity contribution in [2.75, 3.05) is 13.2 Å². The van der Waals surface area contributed by atoms with Gasteiger partial charge in [0.15, 0.2) is 6.61 Å². The summed E-state index contributed by atoms with van der Waals surface area (Å²) in [6.07, 6.45) is 1.19. The van der Waals surface area contributed by atoms with Crippen LogP contribution in [0.4, 0.5) is 0 Å². The van der Waals surface area contributed by atoms with E-state index in [-0.39, 0.29) is 24.5 Å². The van der Waals surface area contributed by atoms with Crippen LogP contribution in [0.3, 0.4) is 0 Å². The third-order valence-corrected chi connectivity index (χ3v) is 6.30. The lowest BCUT2D eigenvalue weighted by Crippen LogP contribution is -2.52. The Labute approximate surface area is 204 Å². The second kappa shape index (κ2) is 11.8. The average Bonchev–Trinajstić information content (AvgIpc) is 2.81. The fourth-order valence-electron chi connectivity index (χ4n) is 3.82. The number of rotatable bonds is 10. The van der Waals surface area contributed by atoms with E-state index >= 15 is 0 Å². The first kappa shape index (κ1) is 24.8. The predicted octanol–water partition coefficient (Wildman–Crippen LogP) is 5.36. The number of nitrogens with one attached hydrogen (secondary N) is 1. The van der Waals surface area contributed by atoms with Gasteiger partial charge in [-0.2, -0.15) is 0 Å². The van der Waals surface area contributed by atoms with E-state index in [4.69, 9.17) is 4.74 Å². The molecule has 0 aliphatic rings. The van der Waals surface area contributed by atoms with Gasteiger partial charge in [-0.05, 0) is 65.0 Å². The highest BCUT2D eigenvalue weighted by Crippen LogP contribution is 2.33. The maximum Gasteiger partial charge on any atom is 0.261 e. The molecule has 1 atom stereocenters. The Morgan fingerprint density at radius 1 is 1.00 bits per heavy atom. The van der Waals surface area contributed by atoms with Gasteiger partial charge in [0.1, 0.15) is 11.8 Å². The molecular weight excluding hydrogens is 480 g/mol. The zero-order chi connectivity index (χ0) is 23.8. The molecule has 1 unspecified atom stereocenters. The van der Waals surface area contributed by atoms with Crippen LogP contribution in [-0.2, 0) is 16.0 Å². The van der Waals surface area contributed by atoms with Crippen LogP contribution in [0.5, 0.6) is 5.75 Å². The lowest BCUT2D eigenvalue weighted by molar-refractivity contribution is -0.142. The molecule has 3 rings (SSSR count). The number of ether oxygens (including phenoxy) is 1. The molecule has 0 saturated heterocycles. The summed E-state index contributed by atoms with van der Waals surface area (Å²) >= 11 is 3.61. The molecular formula is C27H31BrN2O3. The van der Waals surface area contributed by atoms with Crippen molar-refractivity contribution in [3.8, 4) is 5.75 Å². The number of fused-ring (bicyclic) bond motifs is 1. The summed E-state index contributed by atoms with van der Waals surface area (Å²) < 4.78 is 6.74. The second-order valence-electron chi connectivity index (χ2n) is 8.30. The van der Waals surface area contributed by atoms with Crippen molar-refractivity contribution in [1.82, 2.24) is 10.2 Å². The first-order valence-electron chi connectivity index (χ1n) is 11.3. The van der Waals surface area contributed by atoms with Gasteiger partial charge in [0.25, 0.3) is 5.91 Å². The fraction of sp³-hybridized carbons (Fsp3) is 0.333. The van der Waals surface area contributed by atoms with E-state index in [1.165, 1.54) is 0 Å². The summed E-state index contributed by atoms with van der Waals surface area (Å²) in [5, 5.41) is 5.06. The maximum absolute atomic E-state index is 13.3. The van der Waals surface area contributed by atoms with E-state index in [1.807, 2.05) is 87.5 Å². The van der Waals surface area contributed by atoms with Crippen LogP contribution < -0.4 is 10.1 Å². The highest BCUT2D eigenvalue weighted by molar-refractivity contribution is 9.10. The lowest BCUT2D eigenvalue weighted by Gasteiger charge is -2.31. The number of hydrogen-bond donors (Lipinski definition) is 1. The van der Waals surface area contributed by atoms with Crippen molar-refractivity contribution in [3.05, 3.63) is 76.8 Å². The van der Waals surface area contributed by atoms with Crippen molar-refractivity contribution in [2.45, 2.75) is 45.7 Å². The molecule has 6 heteroatoms. The molecule has 0 bridgehead atoms. The number of halogens is 1. The molecule has 5 nitrogen and oxygen atoms in total. The predicted molar refractivity (Wildman–Crippen MR) is 136 cm³/mol. The Balaban J connectivity index is 1.77. The summed E-state index contributed by atoms with van der Waals surface area (Å²) in [7, 11) is 0. The molecule has 3 aromatic carbocycles. The van der Waals surface area contributed by atoms with Gasteiger partial charge in [-0.15, -0.1) is 0 Å². The van der Waals surface area contributed by atoms with Gasteiger partial charge in [-0.25, -0.2) is 0 Å². The normalized spacial score (nSPS) is 11.9. The lowest BCUT2D eigenvalue weighted by atomic mass is 10.1. The van der Waals surface area contributed by atoms with Gasteiger partial charge < -0.3 is 15.0 Å². The van der Waals surface area contributed by atoms with E-state index in [0.717, 1.165) is 20.8 Å². The van der Waals surface area contributed by atoms with Crippen LogP contribution in [0.1, 0.15) is 32.8 Å². The van der Waals surface area contributed by atoms with Crippen LogP contribution in [0, 0.1) is 0 Å². The molecule has 1 N–H and O–H groups in total. The number of amides is 2. The van der Waals surface area contributed by atoms with Gasteiger partial charge in [0.05, 0.1) is 4.47 Å². The number of hydrogen-bond acceptors (Lipinski definition) is 3. The summed E-state index contributed by atoms with van der Waals surface area (Å²) in [5.74, 6) is 0.252. The largest absolute Gasteiger partial charge is 0.483 e. The monoisotopic (exact) mass is 510 g/mol. The Hall–Kier alpha value is -2.86. The van der Waals surface area contributed by atoms with Gasteiger partial charge in [0.2, 0.25) is 5.91 Å².